The van der Waals surface area contributed by atoms with Crippen LogP contribution in [0.4, 0.5) is 0 Å². The van der Waals surface area contributed by atoms with Gasteiger partial charge in [0.1, 0.15) is 195 Å². The van der Waals surface area contributed by atoms with Crippen molar-refractivity contribution in [3.05, 3.63) is 0 Å². The molecule has 24 N–H and O–H groups in total. The first-order chi connectivity index (χ1) is 41.9. The highest BCUT2D eigenvalue weighted by molar-refractivity contribution is 5.02. The first-order valence-electron chi connectivity index (χ1n) is 28.1. The molecule has 40 atom stereocenters. The fraction of sp³-hybridized carbons (Fsp3) is 1.00. The van der Waals surface area contributed by atoms with Crippen molar-refractivity contribution in [2.24, 2.45) is 0 Å². The highest BCUT2D eigenvalue weighted by atomic mass is 16.8. The average molecular weight is 1300 g/mol. The molecule has 40 heteroatoms. The van der Waals surface area contributed by atoms with Gasteiger partial charge >= 0.3 is 0 Å². The molecule has 88 heavy (non-hydrogen) atoms. The second kappa shape index (κ2) is 30.0. The minimum absolute atomic E-state index is 1.08. The Morgan fingerprint density at radius 1 is 0.136 bits per heavy atom. The molecule has 512 valence electrons. The van der Waals surface area contributed by atoms with Crippen LogP contribution in [0, 0.1) is 0 Å². The van der Waals surface area contributed by atoms with E-state index >= 15 is 0 Å². The lowest BCUT2D eigenvalue weighted by Crippen LogP contribution is -2.69. The van der Waals surface area contributed by atoms with Gasteiger partial charge in [0.2, 0.25) is 0 Å². The SMILES string of the molecule is OC[C@@H]1OC2O[C@@H]3[C@@H](O)[C@H](O)[C@H](O[C@@H]4[C@@H](O)[C@H](O)[C@H](O[C@@H]5[C@@H](O)[C@H](O)[C@H](O[C@H]6[C@H](O)[C@@H](O)[C@@H](O[C@H]7[C@H](O)[C@@H](O)[C@@H](O[C@H]8[C@H](O)[C@@H](O)[C@@H](O[C@@H]9[C@@H](O)[C@H](O)[C@H](O[C@@H]1[C@@H](O)[C@@H]2O)O[C@H]9CO)O[C@@H]8CO)O[C@@H]7CO)O[C@@H]6CO)O[C@H]5CO)O[C@H]4CO)O[C@H]3CO. The highest BCUT2D eigenvalue weighted by Gasteiger charge is 2.60. The van der Waals surface area contributed by atoms with Crippen molar-refractivity contribution in [3.8, 4) is 0 Å². The van der Waals surface area contributed by atoms with Crippen molar-refractivity contribution in [1.82, 2.24) is 0 Å². The zero-order valence-electron chi connectivity index (χ0n) is 46.0. The van der Waals surface area contributed by atoms with Crippen LogP contribution in [0.5, 0.6) is 0 Å². The summed E-state index contributed by atoms with van der Waals surface area (Å²) in [6.07, 6.45) is -82.0. The van der Waals surface area contributed by atoms with E-state index in [0.29, 0.717) is 0 Å². The van der Waals surface area contributed by atoms with Gasteiger partial charge < -0.3 is 198 Å². The van der Waals surface area contributed by atoms with Crippen molar-refractivity contribution < 1.29 is 198 Å². The first-order valence-corrected chi connectivity index (χ1v) is 28.1. The normalized spacial score (nSPS) is 55.4. The molecule has 30 aliphatic heterocycles. The Labute approximate surface area is 496 Å². The molecule has 16 bridgehead atoms. The third-order valence-electron chi connectivity index (χ3n) is 16.9. The zero-order chi connectivity index (χ0) is 64.1. The first kappa shape index (κ1) is 70.7. The number of ether oxygens (including phenoxy) is 16. The molecule has 0 radical (unpaired) electrons. The van der Waals surface area contributed by atoms with E-state index in [4.69, 9.17) is 75.8 Å². The van der Waals surface area contributed by atoms with E-state index in [1.807, 2.05) is 0 Å². The topological polar surface area (TPSA) is 633 Å². The Morgan fingerprint density at radius 3 is 0.307 bits per heavy atom. The molecule has 0 spiro atoms. The minimum Gasteiger partial charge on any atom is -0.394 e. The van der Waals surface area contributed by atoms with Gasteiger partial charge in [-0.3, -0.25) is 0 Å². The average Bonchev–Trinajstić information content (AvgIpc) is 1.09. The van der Waals surface area contributed by atoms with Gasteiger partial charge in [0.05, 0.1) is 52.9 Å². The number of aliphatic hydroxyl groups is 24. The molecule has 0 amide bonds. The molecule has 30 fully saturated rings. The number of hydrogen-bond acceptors (Lipinski definition) is 40. The van der Waals surface area contributed by atoms with E-state index in [0.717, 1.165) is 0 Å². The summed E-state index contributed by atoms with van der Waals surface area (Å²) in [4.78, 5) is 0. The van der Waals surface area contributed by atoms with Crippen molar-refractivity contribution in [1.29, 1.82) is 0 Å². The fourth-order valence-corrected chi connectivity index (χ4v) is 11.9. The van der Waals surface area contributed by atoms with E-state index in [9.17, 15) is 123 Å². The van der Waals surface area contributed by atoms with Gasteiger partial charge in [-0.1, -0.05) is 0 Å². The molecule has 30 saturated heterocycles. The summed E-state index contributed by atoms with van der Waals surface area (Å²) in [5.41, 5.74) is 0. The monoisotopic (exact) mass is 1300 g/mol. The van der Waals surface area contributed by atoms with Gasteiger partial charge in [0, 0.05) is 0 Å². The van der Waals surface area contributed by atoms with Gasteiger partial charge in [-0.2, -0.15) is 0 Å². The van der Waals surface area contributed by atoms with E-state index in [1.165, 1.54) is 0 Å². The molecule has 40 nitrogen and oxygen atoms in total. The quantitative estimate of drug-likeness (QED) is 0.107. The van der Waals surface area contributed by atoms with Crippen molar-refractivity contribution in [2.45, 2.75) is 246 Å². The molecular weight excluding hydrogens is 1220 g/mol. The Bertz CT molecular complexity index is 1700. The van der Waals surface area contributed by atoms with Crippen LogP contribution in [-0.2, 0) is 75.8 Å². The summed E-state index contributed by atoms with van der Waals surface area (Å²) in [6.45, 7) is -8.64. The van der Waals surface area contributed by atoms with Gasteiger partial charge in [-0.15, -0.1) is 0 Å². The molecule has 30 aliphatic rings. The second-order valence-corrected chi connectivity index (χ2v) is 22.5. The number of hydrogen-bond donors (Lipinski definition) is 24. The van der Waals surface area contributed by atoms with Crippen molar-refractivity contribution in [2.75, 3.05) is 52.9 Å². The van der Waals surface area contributed by atoms with Crippen LogP contribution < -0.4 is 0 Å². The standard InChI is InChI=1S/C48H80O40/c49-1-9-33-17(57)25(65)41(73-9)82-34-10(2-50)75-43(27(67)19(34)59)84-36-12(4-52)77-45(29(69)21(36)61)86-38-14(6-54)79-47(31(71)23(38)63)88-40-16(8-56)80-48(32(72)24(40)64)87-39-15(7-55)78-46(30(70)22(39)62)85-37-13(5-53)76-44(28(68)20(37)60)83-35-11(3-51)74-42(81-33)26(66)18(35)58/h9-72H,1-8H2/t9-,10-,11-,12-,13-,14+,15+,16+,17-,18-,19-,20-,21-,22+,23+,24+,25-,26-,27-,28-,29-,30+,31+,32+,33-,34-,35-,36-,37-,38+,39+,40+,41-,42?,43-,44-,45-,46+,47+,48+/m0/s1. The van der Waals surface area contributed by atoms with Crippen LogP contribution in [0.2, 0.25) is 0 Å². The largest absolute Gasteiger partial charge is 0.394 e. The maximum atomic E-state index is 11.4. The third-order valence-corrected chi connectivity index (χ3v) is 16.9. The van der Waals surface area contributed by atoms with Gasteiger partial charge in [0.25, 0.3) is 0 Å². The van der Waals surface area contributed by atoms with Gasteiger partial charge in [-0.05, 0) is 0 Å². The van der Waals surface area contributed by atoms with Gasteiger partial charge in [0.15, 0.2) is 50.3 Å². The van der Waals surface area contributed by atoms with Gasteiger partial charge in [-0.25, -0.2) is 0 Å². The Morgan fingerprint density at radius 2 is 0.227 bits per heavy atom. The smallest absolute Gasteiger partial charge is 0.187 e. The molecular formula is C48H80O40. The Balaban J connectivity index is 0.975. The molecule has 30 rings (SSSR count). The molecule has 0 aliphatic carbocycles. The third kappa shape index (κ3) is 13.8. The van der Waals surface area contributed by atoms with Crippen LogP contribution in [0.15, 0.2) is 0 Å². The van der Waals surface area contributed by atoms with Crippen LogP contribution in [-0.4, -0.2) is 421 Å². The van der Waals surface area contributed by atoms with Crippen LogP contribution in [0.1, 0.15) is 0 Å². The van der Waals surface area contributed by atoms with Crippen molar-refractivity contribution in [3.63, 3.8) is 0 Å². The van der Waals surface area contributed by atoms with Crippen LogP contribution in [0.25, 0.3) is 0 Å². The number of rotatable bonds is 8. The highest BCUT2D eigenvalue weighted by Crippen LogP contribution is 2.40. The maximum Gasteiger partial charge on any atom is 0.187 e. The summed E-state index contributed by atoms with van der Waals surface area (Å²) >= 11 is 0. The molecule has 0 aromatic heterocycles. The summed E-state index contributed by atoms with van der Waals surface area (Å²) in [5.74, 6) is 0. The zero-order valence-corrected chi connectivity index (χ0v) is 46.0. The predicted octanol–water partition coefficient (Wildman–Crippen LogP) is -17.4. The van der Waals surface area contributed by atoms with E-state index in [2.05, 4.69) is 0 Å². The predicted molar refractivity (Wildman–Crippen MR) is 261 cm³/mol. The van der Waals surface area contributed by atoms with E-state index in [-0.39, 0.29) is 0 Å². The second-order valence-electron chi connectivity index (χ2n) is 22.5. The van der Waals surface area contributed by atoms with E-state index < -0.39 is 299 Å². The molecule has 0 aromatic carbocycles. The molecule has 30 heterocycles. The lowest BCUT2D eigenvalue weighted by Gasteiger charge is -2.50. The van der Waals surface area contributed by atoms with Crippen molar-refractivity contribution >= 4 is 0 Å². The lowest BCUT2D eigenvalue weighted by atomic mass is 9.94. The lowest BCUT2D eigenvalue weighted by molar-refractivity contribution is -0.404. The Kier molecular flexibility index (Phi) is 24.1. The summed E-state index contributed by atoms with van der Waals surface area (Å²) in [5, 5.41) is 265. The number of aliphatic hydroxyl groups excluding tert-OH is 24. The Hall–Kier alpha value is -1.60. The summed E-state index contributed by atoms with van der Waals surface area (Å²) in [6, 6.07) is 0. The van der Waals surface area contributed by atoms with E-state index in [1.54, 1.807) is 0 Å². The summed E-state index contributed by atoms with van der Waals surface area (Å²) < 4.78 is 91.1. The van der Waals surface area contributed by atoms with Crippen LogP contribution >= 0.6 is 0 Å². The molecule has 1 unspecified atom stereocenters. The molecule has 0 aromatic rings. The minimum atomic E-state index is -2.25. The van der Waals surface area contributed by atoms with Crippen LogP contribution in [0.3, 0.4) is 0 Å². The maximum absolute atomic E-state index is 11.4. The summed E-state index contributed by atoms with van der Waals surface area (Å²) in [7, 11) is 0. The fourth-order valence-electron chi connectivity index (χ4n) is 11.9. The molecule has 0 saturated carbocycles.